The molecule has 0 bridgehead atoms. The van der Waals surface area contributed by atoms with Crippen LogP contribution in [0, 0.1) is 10.1 Å². The van der Waals surface area contributed by atoms with E-state index >= 15 is 0 Å². The summed E-state index contributed by atoms with van der Waals surface area (Å²) in [7, 11) is 0. The summed E-state index contributed by atoms with van der Waals surface area (Å²) in [6, 6.07) is 7.20. The van der Waals surface area contributed by atoms with Gasteiger partial charge in [-0.15, -0.1) is 0 Å². The van der Waals surface area contributed by atoms with Gasteiger partial charge in [-0.2, -0.15) is 0 Å². The molecule has 0 aromatic heterocycles. The zero-order valence-electron chi connectivity index (χ0n) is 9.67. The van der Waals surface area contributed by atoms with Crippen molar-refractivity contribution >= 4 is 5.69 Å². The maximum Gasteiger partial charge on any atom is 0.269 e. The second kappa shape index (κ2) is 4.93. The van der Waals surface area contributed by atoms with Crippen molar-refractivity contribution in [1.29, 1.82) is 0 Å². The third kappa shape index (κ3) is 2.79. The number of benzene rings is 1. The number of nitrogens with zero attached hydrogens (tertiary/aromatic N) is 1. The summed E-state index contributed by atoms with van der Waals surface area (Å²) in [5.74, 6) is 0. The molecule has 4 heteroatoms. The molecule has 1 aromatic rings. The summed E-state index contributed by atoms with van der Waals surface area (Å²) in [6.45, 7) is 3.00. The highest BCUT2D eigenvalue weighted by atomic mass is 16.6. The second-order valence-corrected chi connectivity index (χ2v) is 4.21. The largest absolute Gasteiger partial charge is 0.299 e. The minimum Gasteiger partial charge on any atom is -0.299 e. The van der Waals surface area contributed by atoms with Crippen LogP contribution in [-0.2, 0) is 6.54 Å². The van der Waals surface area contributed by atoms with Crippen LogP contribution in [-0.4, -0.2) is 11.0 Å². The van der Waals surface area contributed by atoms with E-state index in [1.165, 1.54) is 4.90 Å². The highest BCUT2D eigenvalue weighted by Gasteiger charge is 2.15. The van der Waals surface area contributed by atoms with Gasteiger partial charge in [0, 0.05) is 17.7 Å². The Morgan fingerprint density at radius 1 is 1.29 bits per heavy atom. The molecule has 0 fully saturated rings. The molecule has 2 rings (SSSR count). The standard InChI is InChI=1S/C13H14N2O2/c1-11-4-2-3-9-14(11)10-12-5-7-13(8-6-12)15(16)17/h2-9,11H,10H2,1H3/p+1. The Morgan fingerprint density at radius 2 is 2.00 bits per heavy atom. The molecule has 2 atom stereocenters. The molecular weight excluding hydrogens is 216 g/mol. The first kappa shape index (κ1) is 11.5. The van der Waals surface area contributed by atoms with E-state index in [4.69, 9.17) is 0 Å². The van der Waals surface area contributed by atoms with Gasteiger partial charge in [0.15, 0.2) is 0 Å². The van der Waals surface area contributed by atoms with Crippen LogP contribution in [0.2, 0.25) is 0 Å². The van der Waals surface area contributed by atoms with E-state index in [1.54, 1.807) is 12.1 Å². The molecule has 17 heavy (non-hydrogen) atoms. The van der Waals surface area contributed by atoms with Gasteiger partial charge >= 0.3 is 0 Å². The quantitative estimate of drug-likeness (QED) is 0.632. The molecule has 0 spiro atoms. The molecule has 4 nitrogen and oxygen atoms in total. The zero-order valence-corrected chi connectivity index (χ0v) is 9.67. The molecule has 1 aliphatic heterocycles. The van der Waals surface area contributed by atoms with Gasteiger partial charge in [0.1, 0.15) is 12.6 Å². The van der Waals surface area contributed by atoms with Gasteiger partial charge in [-0.1, -0.05) is 6.08 Å². The van der Waals surface area contributed by atoms with E-state index in [0.717, 1.165) is 12.1 Å². The normalized spacial score (nSPS) is 22.6. The molecular formula is C13H15N2O2+. The van der Waals surface area contributed by atoms with Gasteiger partial charge in [-0.25, -0.2) is 0 Å². The third-order valence-corrected chi connectivity index (χ3v) is 2.96. The van der Waals surface area contributed by atoms with Gasteiger partial charge < -0.3 is 0 Å². The lowest BCUT2D eigenvalue weighted by atomic mass is 10.1. The summed E-state index contributed by atoms with van der Waals surface area (Å²) in [6.07, 6.45) is 8.34. The van der Waals surface area contributed by atoms with Crippen LogP contribution in [0.4, 0.5) is 5.69 Å². The number of rotatable bonds is 3. The molecule has 2 unspecified atom stereocenters. The highest BCUT2D eigenvalue weighted by Crippen LogP contribution is 2.11. The fraction of sp³-hybridized carbons (Fsp3) is 0.231. The maximum absolute atomic E-state index is 10.5. The van der Waals surface area contributed by atoms with Crippen molar-refractivity contribution < 1.29 is 9.82 Å². The average molecular weight is 231 g/mol. The first-order chi connectivity index (χ1) is 8.16. The summed E-state index contributed by atoms with van der Waals surface area (Å²) in [5.41, 5.74) is 1.25. The topological polar surface area (TPSA) is 47.6 Å². The predicted octanol–water partition coefficient (Wildman–Crippen LogP) is 1.45. The molecule has 0 aliphatic carbocycles. The van der Waals surface area contributed by atoms with E-state index in [1.807, 2.05) is 24.3 Å². The van der Waals surface area contributed by atoms with Gasteiger partial charge in [-0.3, -0.25) is 15.0 Å². The Kier molecular flexibility index (Phi) is 3.35. The Bertz CT molecular complexity index is 463. The predicted molar refractivity (Wildman–Crippen MR) is 65.5 cm³/mol. The van der Waals surface area contributed by atoms with Crippen LogP contribution in [0.25, 0.3) is 0 Å². The van der Waals surface area contributed by atoms with Crippen molar-refractivity contribution in [3.63, 3.8) is 0 Å². The lowest BCUT2D eigenvalue weighted by Gasteiger charge is -2.21. The molecule has 1 aromatic carbocycles. The number of quaternary nitrogens is 1. The van der Waals surface area contributed by atoms with Crippen LogP contribution >= 0.6 is 0 Å². The van der Waals surface area contributed by atoms with Crippen LogP contribution in [0.1, 0.15) is 12.5 Å². The smallest absolute Gasteiger partial charge is 0.269 e. The van der Waals surface area contributed by atoms with E-state index in [-0.39, 0.29) is 10.6 Å². The molecule has 0 saturated carbocycles. The third-order valence-electron chi connectivity index (χ3n) is 2.96. The van der Waals surface area contributed by atoms with Gasteiger partial charge in [0.2, 0.25) is 0 Å². The monoisotopic (exact) mass is 231 g/mol. The van der Waals surface area contributed by atoms with Crippen LogP contribution in [0.5, 0.6) is 0 Å². The molecule has 1 aliphatic rings. The van der Waals surface area contributed by atoms with Crippen molar-refractivity contribution in [2.45, 2.75) is 19.5 Å². The molecule has 1 heterocycles. The molecule has 88 valence electrons. The van der Waals surface area contributed by atoms with Gasteiger partial charge in [0.25, 0.3) is 5.69 Å². The summed E-state index contributed by atoms with van der Waals surface area (Å²) in [5, 5.41) is 10.5. The summed E-state index contributed by atoms with van der Waals surface area (Å²) < 4.78 is 0. The number of allylic oxidation sites excluding steroid dienone is 2. The molecule has 0 radical (unpaired) electrons. The number of nitrogens with one attached hydrogen (secondary N) is 1. The number of hydrogen-bond donors (Lipinski definition) is 1. The van der Waals surface area contributed by atoms with E-state index < -0.39 is 0 Å². The van der Waals surface area contributed by atoms with Crippen molar-refractivity contribution in [2.24, 2.45) is 0 Å². The molecule has 1 N–H and O–H groups in total. The number of hydrogen-bond acceptors (Lipinski definition) is 2. The summed E-state index contributed by atoms with van der Waals surface area (Å²) >= 11 is 0. The van der Waals surface area contributed by atoms with E-state index in [2.05, 4.69) is 19.2 Å². The fourth-order valence-electron chi connectivity index (χ4n) is 1.88. The average Bonchev–Trinajstić information content (AvgIpc) is 2.33. The number of nitro groups is 1. The van der Waals surface area contributed by atoms with Crippen LogP contribution in [0.15, 0.2) is 48.7 Å². The molecule has 0 saturated heterocycles. The van der Waals surface area contributed by atoms with Gasteiger partial charge in [-0.05, 0) is 31.2 Å². The van der Waals surface area contributed by atoms with Crippen LogP contribution < -0.4 is 4.90 Å². The minimum atomic E-state index is -0.372. The van der Waals surface area contributed by atoms with Gasteiger partial charge in [0.05, 0.1) is 11.1 Å². The van der Waals surface area contributed by atoms with E-state index in [0.29, 0.717) is 6.04 Å². The molecule has 0 amide bonds. The minimum absolute atomic E-state index is 0.144. The maximum atomic E-state index is 10.5. The first-order valence-electron chi connectivity index (χ1n) is 5.61. The van der Waals surface area contributed by atoms with Crippen molar-refractivity contribution in [3.8, 4) is 0 Å². The van der Waals surface area contributed by atoms with Crippen molar-refractivity contribution in [3.05, 3.63) is 64.4 Å². The summed E-state index contributed by atoms with van der Waals surface area (Å²) in [4.78, 5) is 11.5. The fourth-order valence-corrected chi connectivity index (χ4v) is 1.88. The van der Waals surface area contributed by atoms with Crippen molar-refractivity contribution in [1.82, 2.24) is 0 Å². The lowest BCUT2D eigenvalue weighted by Crippen LogP contribution is -3.09. The Balaban J connectivity index is 2.06. The SMILES string of the molecule is CC1C=CC=C[NH+]1Cc1ccc([N+](=O)[O-])cc1. The number of non-ortho nitro benzene ring substituents is 1. The first-order valence-corrected chi connectivity index (χ1v) is 5.61. The van der Waals surface area contributed by atoms with E-state index in [9.17, 15) is 10.1 Å². The number of nitro benzene ring substituents is 1. The van der Waals surface area contributed by atoms with Crippen LogP contribution in [0.3, 0.4) is 0 Å². The second-order valence-electron chi connectivity index (χ2n) is 4.21. The Morgan fingerprint density at radius 3 is 2.59 bits per heavy atom. The van der Waals surface area contributed by atoms with Crippen molar-refractivity contribution in [2.75, 3.05) is 0 Å². The lowest BCUT2D eigenvalue weighted by molar-refractivity contribution is -0.879. The zero-order chi connectivity index (χ0) is 12.3. The Hall–Kier alpha value is -1.94. The Labute approximate surface area is 100 Å². The highest BCUT2D eigenvalue weighted by molar-refractivity contribution is 5.32.